The molecular weight excluding hydrogens is 200 g/mol. The molecule has 0 heterocycles. The Hall–Kier alpha value is -0.650. The maximum Gasteiger partial charge on any atom is 0.306 e. The number of hydrogen-bond acceptors (Lipinski definition) is 4. The van der Waals surface area contributed by atoms with Gasteiger partial charge < -0.3 is 19.7 Å². The van der Waals surface area contributed by atoms with Gasteiger partial charge in [-0.25, -0.2) is 0 Å². The number of aliphatic carboxylic acids is 1. The number of methoxy groups -OCH3 is 1. The zero-order valence-corrected chi connectivity index (χ0v) is 9.31. The highest BCUT2D eigenvalue weighted by atomic mass is 16.5. The summed E-state index contributed by atoms with van der Waals surface area (Å²) in [7, 11) is 1.57. The Morgan fingerprint density at radius 1 is 1.40 bits per heavy atom. The van der Waals surface area contributed by atoms with Crippen molar-refractivity contribution in [1.82, 2.24) is 0 Å². The second kappa shape index (κ2) is 8.64. The summed E-state index contributed by atoms with van der Waals surface area (Å²) in [5, 5.41) is 18.2. The molecule has 0 amide bonds. The second-order valence-corrected chi connectivity index (χ2v) is 3.40. The molecule has 0 bridgehead atoms. The van der Waals surface area contributed by atoms with Gasteiger partial charge in [0.25, 0.3) is 0 Å². The predicted molar refractivity (Wildman–Crippen MR) is 54.7 cm³/mol. The summed E-state index contributed by atoms with van der Waals surface area (Å²) in [6, 6.07) is 0. The van der Waals surface area contributed by atoms with Gasteiger partial charge in [0, 0.05) is 7.11 Å². The first kappa shape index (κ1) is 14.3. The van der Waals surface area contributed by atoms with E-state index in [-0.39, 0.29) is 13.0 Å². The summed E-state index contributed by atoms with van der Waals surface area (Å²) in [4.78, 5) is 10.7. The van der Waals surface area contributed by atoms with E-state index in [1.165, 1.54) is 0 Å². The van der Waals surface area contributed by atoms with Crippen molar-refractivity contribution < 1.29 is 24.5 Å². The first-order valence-electron chi connectivity index (χ1n) is 5.09. The number of ether oxygens (including phenoxy) is 2. The van der Waals surface area contributed by atoms with Crippen LogP contribution in [0.15, 0.2) is 0 Å². The van der Waals surface area contributed by atoms with Gasteiger partial charge in [0.1, 0.15) is 0 Å². The van der Waals surface area contributed by atoms with Crippen molar-refractivity contribution in [1.29, 1.82) is 0 Å². The third-order valence-electron chi connectivity index (χ3n) is 2.14. The number of hydrogen-bond donors (Lipinski definition) is 2. The van der Waals surface area contributed by atoms with E-state index < -0.39 is 18.0 Å². The van der Waals surface area contributed by atoms with Crippen LogP contribution in [0.25, 0.3) is 0 Å². The Bertz CT molecular complexity index is 171. The highest BCUT2D eigenvalue weighted by molar-refractivity contribution is 5.69. The SMILES string of the molecule is CCC(CC(O)COCCOC)C(=O)O. The summed E-state index contributed by atoms with van der Waals surface area (Å²) in [5.74, 6) is -1.36. The minimum atomic E-state index is -0.867. The Morgan fingerprint density at radius 2 is 2.07 bits per heavy atom. The van der Waals surface area contributed by atoms with Gasteiger partial charge in [-0.2, -0.15) is 0 Å². The van der Waals surface area contributed by atoms with Crippen LogP contribution in [0, 0.1) is 5.92 Å². The van der Waals surface area contributed by atoms with Gasteiger partial charge in [-0.3, -0.25) is 4.79 Å². The number of rotatable bonds is 9. The molecule has 2 atom stereocenters. The second-order valence-electron chi connectivity index (χ2n) is 3.40. The summed E-state index contributed by atoms with van der Waals surface area (Å²) in [5.41, 5.74) is 0. The molecule has 0 radical (unpaired) electrons. The van der Waals surface area contributed by atoms with Crippen LogP contribution in [0.1, 0.15) is 19.8 Å². The normalized spacial score (nSPS) is 14.9. The fourth-order valence-corrected chi connectivity index (χ4v) is 1.20. The van der Waals surface area contributed by atoms with E-state index >= 15 is 0 Å². The minimum Gasteiger partial charge on any atom is -0.481 e. The fraction of sp³-hybridized carbons (Fsp3) is 0.900. The van der Waals surface area contributed by atoms with Crippen LogP contribution in [-0.2, 0) is 14.3 Å². The quantitative estimate of drug-likeness (QED) is 0.554. The van der Waals surface area contributed by atoms with Gasteiger partial charge in [0.2, 0.25) is 0 Å². The van der Waals surface area contributed by atoms with Gasteiger partial charge in [-0.05, 0) is 12.8 Å². The van der Waals surface area contributed by atoms with Gasteiger partial charge in [-0.15, -0.1) is 0 Å². The minimum absolute atomic E-state index is 0.160. The Balaban J connectivity index is 3.62. The summed E-state index contributed by atoms with van der Waals surface area (Å²) >= 11 is 0. The molecule has 0 fully saturated rings. The molecule has 5 nitrogen and oxygen atoms in total. The molecule has 15 heavy (non-hydrogen) atoms. The Labute approximate surface area is 90.0 Å². The van der Waals surface area contributed by atoms with Crippen molar-refractivity contribution in [2.45, 2.75) is 25.9 Å². The zero-order valence-electron chi connectivity index (χ0n) is 9.31. The molecule has 0 aliphatic carbocycles. The summed E-state index contributed by atoms with van der Waals surface area (Å²) in [6.07, 6.45) is 0.0337. The number of aliphatic hydroxyl groups is 1. The number of carbonyl (C=O) groups is 1. The maximum atomic E-state index is 10.7. The fourth-order valence-electron chi connectivity index (χ4n) is 1.20. The molecule has 0 saturated carbocycles. The van der Waals surface area contributed by atoms with E-state index in [4.69, 9.17) is 14.6 Å². The van der Waals surface area contributed by atoms with E-state index in [2.05, 4.69) is 0 Å². The average molecular weight is 220 g/mol. The predicted octanol–water partition coefficient (Wildman–Crippen LogP) is 0.511. The van der Waals surface area contributed by atoms with Crippen LogP contribution in [0.2, 0.25) is 0 Å². The molecule has 2 N–H and O–H groups in total. The van der Waals surface area contributed by atoms with Crippen molar-refractivity contribution in [2.75, 3.05) is 26.9 Å². The lowest BCUT2D eigenvalue weighted by atomic mass is 9.99. The maximum absolute atomic E-state index is 10.7. The van der Waals surface area contributed by atoms with Crippen LogP contribution < -0.4 is 0 Å². The lowest BCUT2D eigenvalue weighted by Gasteiger charge is -2.15. The molecule has 0 spiro atoms. The number of carboxylic acids is 1. The Morgan fingerprint density at radius 3 is 2.53 bits per heavy atom. The van der Waals surface area contributed by atoms with E-state index in [1.54, 1.807) is 14.0 Å². The van der Waals surface area contributed by atoms with Gasteiger partial charge in [-0.1, -0.05) is 6.92 Å². The number of carboxylic acid groups (broad SMARTS) is 1. The molecule has 2 unspecified atom stereocenters. The standard InChI is InChI=1S/C10H20O5/c1-3-8(10(12)13)6-9(11)7-15-5-4-14-2/h8-9,11H,3-7H2,1-2H3,(H,12,13). The lowest BCUT2D eigenvalue weighted by Crippen LogP contribution is -2.24. The van der Waals surface area contributed by atoms with Crippen LogP contribution in [0.5, 0.6) is 0 Å². The van der Waals surface area contributed by atoms with Crippen molar-refractivity contribution >= 4 is 5.97 Å². The van der Waals surface area contributed by atoms with Crippen LogP contribution in [0.3, 0.4) is 0 Å². The number of aliphatic hydroxyl groups excluding tert-OH is 1. The van der Waals surface area contributed by atoms with Gasteiger partial charge in [0.15, 0.2) is 0 Å². The molecule has 0 rings (SSSR count). The summed E-state index contributed by atoms with van der Waals surface area (Å²) in [6.45, 7) is 2.84. The van der Waals surface area contributed by atoms with Crippen LogP contribution >= 0.6 is 0 Å². The molecule has 0 aromatic rings. The summed E-state index contributed by atoms with van der Waals surface area (Å²) < 4.78 is 9.86. The first-order valence-corrected chi connectivity index (χ1v) is 5.09. The average Bonchev–Trinajstić information content (AvgIpc) is 2.20. The van der Waals surface area contributed by atoms with Gasteiger partial charge in [0.05, 0.1) is 31.8 Å². The topological polar surface area (TPSA) is 76.0 Å². The molecule has 90 valence electrons. The van der Waals surface area contributed by atoms with Crippen molar-refractivity contribution in [3.8, 4) is 0 Å². The Kier molecular flexibility index (Phi) is 8.27. The van der Waals surface area contributed by atoms with E-state index in [0.29, 0.717) is 19.6 Å². The third kappa shape index (κ3) is 7.30. The molecule has 5 heteroatoms. The molecule has 0 aliphatic heterocycles. The van der Waals surface area contributed by atoms with Crippen molar-refractivity contribution in [3.05, 3.63) is 0 Å². The van der Waals surface area contributed by atoms with E-state index in [0.717, 1.165) is 0 Å². The van der Waals surface area contributed by atoms with Crippen LogP contribution in [-0.4, -0.2) is 49.2 Å². The van der Waals surface area contributed by atoms with E-state index in [9.17, 15) is 9.90 Å². The van der Waals surface area contributed by atoms with E-state index in [1.807, 2.05) is 0 Å². The highest BCUT2D eigenvalue weighted by Crippen LogP contribution is 2.11. The smallest absolute Gasteiger partial charge is 0.306 e. The zero-order chi connectivity index (χ0) is 11.7. The first-order chi connectivity index (χ1) is 7.11. The highest BCUT2D eigenvalue weighted by Gasteiger charge is 2.19. The largest absolute Gasteiger partial charge is 0.481 e. The van der Waals surface area contributed by atoms with Gasteiger partial charge >= 0.3 is 5.97 Å². The molecule has 0 aliphatic rings. The lowest BCUT2D eigenvalue weighted by molar-refractivity contribution is -0.143. The molecule has 0 aromatic heterocycles. The monoisotopic (exact) mass is 220 g/mol. The van der Waals surface area contributed by atoms with Crippen LogP contribution in [0.4, 0.5) is 0 Å². The van der Waals surface area contributed by atoms with Crippen molar-refractivity contribution in [3.63, 3.8) is 0 Å². The third-order valence-corrected chi connectivity index (χ3v) is 2.14. The molecule has 0 aromatic carbocycles. The molecular formula is C10H20O5. The molecule has 0 saturated heterocycles. The van der Waals surface area contributed by atoms with Crippen molar-refractivity contribution in [2.24, 2.45) is 5.92 Å².